The van der Waals surface area contributed by atoms with Gasteiger partial charge in [0.2, 0.25) is 0 Å². The molecular weight excluding hydrogens is 278 g/mol. The molecule has 1 atom stereocenters. The number of halogens is 1. The highest BCUT2D eigenvalue weighted by atomic mass is 35.5. The second-order valence-electron chi connectivity index (χ2n) is 4.81. The van der Waals surface area contributed by atoms with Crippen molar-refractivity contribution >= 4 is 38.9 Å². The van der Waals surface area contributed by atoms with Crippen molar-refractivity contribution in [2.24, 2.45) is 5.92 Å². The van der Waals surface area contributed by atoms with Crippen molar-refractivity contribution in [3.05, 3.63) is 35.2 Å². The summed E-state index contributed by atoms with van der Waals surface area (Å²) in [6.07, 6.45) is 2.03. The van der Waals surface area contributed by atoms with Gasteiger partial charge in [-0.05, 0) is 36.3 Å². The van der Waals surface area contributed by atoms with Crippen LogP contribution in [-0.4, -0.2) is 18.3 Å². The predicted octanol–water partition coefficient (Wildman–Crippen LogP) is 4.29. The van der Waals surface area contributed by atoms with Crippen LogP contribution in [0.5, 0.6) is 0 Å². The Balaban J connectivity index is 1.86. The molecule has 0 bridgehead atoms. The summed E-state index contributed by atoms with van der Waals surface area (Å²) in [5.74, 6) is 1.23. The number of hydrogen-bond donors (Lipinski definition) is 1. The lowest BCUT2D eigenvalue weighted by molar-refractivity contribution is 0.0956. The van der Waals surface area contributed by atoms with Crippen molar-refractivity contribution in [3.8, 4) is 0 Å². The monoisotopic (exact) mass is 295 g/mol. The van der Waals surface area contributed by atoms with Gasteiger partial charge in [-0.15, -0.1) is 22.9 Å². The van der Waals surface area contributed by atoms with E-state index in [2.05, 4.69) is 12.2 Å². The summed E-state index contributed by atoms with van der Waals surface area (Å²) >= 11 is 7.29. The van der Waals surface area contributed by atoms with E-state index in [4.69, 9.17) is 11.6 Å². The van der Waals surface area contributed by atoms with Crippen molar-refractivity contribution in [1.82, 2.24) is 5.32 Å². The Kier molecular flexibility index (Phi) is 5.23. The van der Waals surface area contributed by atoms with Gasteiger partial charge < -0.3 is 5.32 Å². The van der Waals surface area contributed by atoms with Crippen LogP contribution < -0.4 is 5.32 Å². The van der Waals surface area contributed by atoms with Crippen LogP contribution in [0, 0.1) is 5.92 Å². The Morgan fingerprint density at radius 1 is 1.42 bits per heavy atom. The Labute approximate surface area is 122 Å². The molecule has 1 aromatic carbocycles. The number of fused-ring (bicyclic) bond motifs is 1. The smallest absolute Gasteiger partial charge is 0.261 e. The zero-order chi connectivity index (χ0) is 13.7. The van der Waals surface area contributed by atoms with Crippen LogP contribution in [0.4, 0.5) is 0 Å². The topological polar surface area (TPSA) is 29.1 Å². The van der Waals surface area contributed by atoms with E-state index >= 15 is 0 Å². The molecular formula is C15H18ClNOS. The molecule has 1 heterocycles. The fourth-order valence-corrected chi connectivity index (χ4v) is 3.04. The highest BCUT2D eigenvalue weighted by molar-refractivity contribution is 7.20. The third kappa shape index (κ3) is 3.95. The molecule has 102 valence electrons. The molecule has 1 unspecified atom stereocenters. The number of rotatable bonds is 6. The maximum absolute atomic E-state index is 12.0. The first-order chi connectivity index (χ1) is 9.20. The SMILES string of the molecule is CC(CCl)CCCNC(=O)c1cc2ccccc2s1. The number of benzene rings is 1. The minimum atomic E-state index is 0.0275. The third-order valence-corrected chi connectivity index (χ3v) is 4.71. The zero-order valence-electron chi connectivity index (χ0n) is 11.0. The first kappa shape index (κ1) is 14.4. The van der Waals surface area contributed by atoms with Gasteiger partial charge in [-0.1, -0.05) is 25.1 Å². The van der Waals surface area contributed by atoms with Gasteiger partial charge in [-0.2, -0.15) is 0 Å². The molecule has 4 heteroatoms. The van der Waals surface area contributed by atoms with Crippen LogP contribution in [-0.2, 0) is 0 Å². The Morgan fingerprint density at radius 3 is 2.95 bits per heavy atom. The van der Waals surface area contributed by atoms with Crippen molar-refractivity contribution < 1.29 is 4.79 Å². The maximum Gasteiger partial charge on any atom is 0.261 e. The average Bonchev–Trinajstić information content (AvgIpc) is 2.87. The van der Waals surface area contributed by atoms with E-state index in [9.17, 15) is 4.79 Å². The van der Waals surface area contributed by atoms with Crippen LogP contribution in [0.25, 0.3) is 10.1 Å². The molecule has 0 aliphatic rings. The molecule has 2 nitrogen and oxygen atoms in total. The molecule has 2 aromatic rings. The molecule has 0 saturated heterocycles. The van der Waals surface area contributed by atoms with Crippen LogP contribution in [0.15, 0.2) is 30.3 Å². The lowest BCUT2D eigenvalue weighted by Crippen LogP contribution is -2.23. The van der Waals surface area contributed by atoms with Crippen LogP contribution >= 0.6 is 22.9 Å². The first-order valence-electron chi connectivity index (χ1n) is 6.53. The number of carbonyl (C=O) groups excluding carboxylic acids is 1. The second-order valence-corrected chi connectivity index (χ2v) is 6.20. The van der Waals surface area contributed by atoms with E-state index in [1.165, 1.54) is 0 Å². The summed E-state index contributed by atoms with van der Waals surface area (Å²) in [5, 5.41) is 4.10. The summed E-state index contributed by atoms with van der Waals surface area (Å²) in [4.78, 5) is 12.8. The fourth-order valence-electron chi connectivity index (χ4n) is 1.91. The molecule has 0 spiro atoms. The average molecular weight is 296 g/mol. The number of hydrogen-bond acceptors (Lipinski definition) is 2. The largest absolute Gasteiger partial charge is 0.351 e. The summed E-state index contributed by atoms with van der Waals surface area (Å²) < 4.78 is 1.16. The normalized spacial score (nSPS) is 12.5. The van der Waals surface area contributed by atoms with Gasteiger partial charge in [0, 0.05) is 17.1 Å². The van der Waals surface area contributed by atoms with Crippen molar-refractivity contribution in [1.29, 1.82) is 0 Å². The van der Waals surface area contributed by atoms with Crippen molar-refractivity contribution in [2.75, 3.05) is 12.4 Å². The summed E-state index contributed by atoms with van der Waals surface area (Å²) in [6.45, 7) is 2.84. The summed E-state index contributed by atoms with van der Waals surface area (Å²) in [5.41, 5.74) is 0. The lowest BCUT2D eigenvalue weighted by Gasteiger charge is -2.07. The minimum Gasteiger partial charge on any atom is -0.351 e. The van der Waals surface area contributed by atoms with Gasteiger partial charge in [0.1, 0.15) is 0 Å². The van der Waals surface area contributed by atoms with E-state index in [1.807, 2.05) is 30.3 Å². The molecule has 0 aliphatic carbocycles. The fraction of sp³-hybridized carbons (Fsp3) is 0.400. The quantitative estimate of drug-likeness (QED) is 0.625. The molecule has 0 radical (unpaired) electrons. The maximum atomic E-state index is 12.0. The van der Waals surface area contributed by atoms with E-state index in [0.29, 0.717) is 18.3 Å². The molecule has 0 saturated carbocycles. The van der Waals surface area contributed by atoms with E-state index < -0.39 is 0 Å². The Morgan fingerprint density at radius 2 is 2.21 bits per heavy atom. The number of thiophene rings is 1. The van der Waals surface area contributed by atoms with Crippen molar-refractivity contribution in [3.63, 3.8) is 0 Å². The molecule has 1 aromatic heterocycles. The molecule has 0 aliphatic heterocycles. The van der Waals surface area contributed by atoms with Gasteiger partial charge in [0.05, 0.1) is 4.88 Å². The van der Waals surface area contributed by atoms with Gasteiger partial charge >= 0.3 is 0 Å². The van der Waals surface area contributed by atoms with Gasteiger partial charge in [0.25, 0.3) is 5.91 Å². The summed E-state index contributed by atoms with van der Waals surface area (Å²) in [7, 11) is 0. The Bertz CT molecular complexity index is 519. The summed E-state index contributed by atoms with van der Waals surface area (Å²) in [6, 6.07) is 10.0. The highest BCUT2D eigenvalue weighted by Gasteiger charge is 2.09. The lowest BCUT2D eigenvalue weighted by atomic mass is 10.1. The van der Waals surface area contributed by atoms with E-state index in [0.717, 1.165) is 27.8 Å². The van der Waals surface area contributed by atoms with Crippen LogP contribution in [0.1, 0.15) is 29.4 Å². The van der Waals surface area contributed by atoms with Gasteiger partial charge in [-0.25, -0.2) is 0 Å². The first-order valence-corrected chi connectivity index (χ1v) is 7.88. The standard InChI is InChI=1S/C15H18ClNOS/c1-11(10-16)5-4-8-17-15(18)14-9-12-6-2-3-7-13(12)19-14/h2-3,6-7,9,11H,4-5,8,10H2,1H3,(H,17,18). The van der Waals surface area contributed by atoms with Crippen molar-refractivity contribution in [2.45, 2.75) is 19.8 Å². The number of nitrogens with one attached hydrogen (secondary N) is 1. The zero-order valence-corrected chi connectivity index (χ0v) is 12.6. The number of alkyl halides is 1. The third-order valence-electron chi connectivity index (χ3n) is 3.07. The minimum absolute atomic E-state index is 0.0275. The van der Waals surface area contributed by atoms with Gasteiger partial charge in [0.15, 0.2) is 0 Å². The van der Waals surface area contributed by atoms with Crippen LogP contribution in [0.3, 0.4) is 0 Å². The molecule has 1 N–H and O–H groups in total. The molecule has 0 fully saturated rings. The number of carbonyl (C=O) groups is 1. The number of amides is 1. The second kappa shape index (κ2) is 6.92. The molecule has 2 rings (SSSR count). The van der Waals surface area contributed by atoms with Gasteiger partial charge in [-0.3, -0.25) is 4.79 Å². The van der Waals surface area contributed by atoms with Crippen LogP contribution in [0.2, 0.25) is 0 Å². The molecule has 1 amide bonds. The predicted molar refractivity (Wildman–Crippen MR) is 83.3 cm³/mol. The Hall–Kier alpha value is -1.06. The highest BCUT2D eigenvalue weighted by Crippen LogP contribution is 2.25. The van der Waals surface area contributed by atoms with E-state index in [1.54, 1.807) is 11.3 Å². The molecule has 19 heavy (non-hydrogen) atoms. The van der Waals surface area contributed by atoms with E-state index in [-0.39, 0.29) is 5.91 Å².